The highest BCUT2D eigenvalue weighted by atomic mass is 32.2. The topological polar surface area (TPSA) is 124 Å². The molecule has 8 nitrogen and oxygen atoms in total. The quantitative estimate of drug-likeness (QED) is 0.706. The summed E-state index contributed by atoms with van der Waals surface area (Å²) in [4.78, 5) is 24.2. The zero-order valence-electron chi connectivity index (χ0n) is 15.5. The van der Waals surface area contributed by atoms with Crippen LogP contribution in [0.2, 0.25) is 0 Å². The lowest BCUT2D eigenvalue weighted by atomic mass is 10.1. The van der Waals surface area contributed by atoms with Crippen LogP contribution in [0.3, 0.4) is 0 Å². The van der Waals surface area contributed by atoms with Crippen molar-refractivity contribution in [1.29, 1.82) is 0 Å². The van der Waals surface area contributed by atoms with Crippen LogP contribution in [0.25, 0.3) is 0 Å². The second-order valence-corrected chi connectivity index (χ2v) is 11.0. The van der Waals surface area contributed by atoms with E-state index in [1.165, 1.54) is 37.4 Å². The van der Waals surface area contributed by atoms with Crippen molar-refractivity contribution in [3.63, 3.8) is 0 Å². The van der Waals surface area contributed by atoms with E-state index in [9.17, 15) is 26.4 Å². The summed E-state index contributed by atoms with van der Waals surface area (Å²) >= 11 is 0. The van der Waals surface area contributed by atoms with Gasteiger partial charge in [-0.15, -0.1) is 0 Å². The predicted octanol–water partition coefficient (Wildman–Crippen LogP) is 1.69. The molecule has 1 aliphatic heterocycles. The van der Waals surface area contributed by atoms with Gasteiger partial charge in [-0.3, -0.25) is 4.79 Å². The van der Waals surface area contributed by atoms with E-state index in [0.29, 0.717) is 0 Å². The van der Waals surface area contributed by atoms with Crippen LogP contribution in [0.4, 0.5) is 5.69 Å². The maximum atomic E-state index is 12.6. The number of carbonyl (C=O) groups is 2. The molecule has 1 amide bonds. The highest BCUT2D eigenvalue weighted by molar-refractivity contribution is 7.96. The van der Waals surface area contributed by atoms with Crippen LogP contribution in [0.1, 0.15) is 27.1 Å². The van der Waals surface area contributed by atoms with Crippen LogP contribution in [0.15, 0.2) is 53.4 Å². The second-order valence-electron chi connectivity index (χ2n) is 6.59. The highest BCUT2D eigenvalue weighted by Gasteiger charge is 2.38. The molecule has 0 unspecified atom stereocenters. The summed E-state index contributed by atoms with van der Waals surface area (Å²) in [7, 11) is -5.91. The SMILES string of the molecule is COC(=O)c1ccccc1NC(=O)c1ccc(S(=O)(=O)[C@H]2CCS(=O)(=O)C2)cc1. The number of para-hydroxylation sites is 1. The Morgan fingerprint density at radius 1 is 1.07 bits per heavy atom. The third-order valence-corrected chi connectivity index (χ3v) is 8.84. The highest BCUT2D eigenvalue weighted by Crippen LogP contribution is 2.26. The molecule has 0 saturated carbocycles. The van der Waals surface area contributed by atoms with Crippen molar-refractivity contribution in [2.24, 2.45) is 0 Å². The monoisotopic (exact) mass is 437 g/mol. The van der Waals surface area contributed by atoms with Gasteiger partial charge in [0, 0.05) is 5.56 Å². The van der Waals surface area contributed by atoms with Gasteiger partial charge in [0.1, 0.15) is 0 Å². The maximum absolute atomic E-state index is 12.6. The zero-order chi connectivity index (χ0) is 21.2. The van der Waals surface area contributed by atoms with Gasteiger partial charge >= 0.3 is 5.97 Å². The number of ether oxygens (including phenoxy) is 1. The second kappa shape index (κ2) is 7.96. The Morgan fingerprint density at radius 2 is 1.72 bits per heavy atom. The molecule has 1 atom stereocenters. The van der Waals surface area contributed by atoms with Crippen LogP contribution >= 0.6 is 0 Å². The number of hydrogen-bond donors (Lipinski definition) is 1. The molecule has 1 aliphatic rings. The van der Waals surface area contributed by atoms with Gasteiger partial charge in [0.15, 0.2) is 19.7 Å². The molecule has 1 fully saturated rings. The molecule has 10 heteroatoms. The van der Waals surface area contributed by atoms with E-state index in [4.69, 9.17) is 0 Å². The summed E-state index contributed by atoms with van der Waals surface area (Å²) in [6.07, 6.45) is 0.0667. The van der Waals surface area contributed by atoms with Crippen molar-refractivity contribution < 1.29 is 31.2 Å². The normalized spacial score (nSPS) is 18.2. The first-order valence-electron chi connectivity index (χ1n) is 8.67. The Kier molecular flexibility index (Phi) is 5.76. The van der Waals surface area contributed by atoms with Gasteiger partial charge in [0.05, 0.1) is 40.0 Å². The molecule has 29 heavy (non-hydrogen) atoms. The fraction of sp³-hybridized carbons (Fsp3) is 0.263. The molecular weight excluding hydrogens is 418 g/mol. The number of sulfone groups is 2. The molecular formula is C19H19NO7S2. The number of nitrogens with one attached hydrogen (secondary N) is 1. The average molecular weight is 437 g/mol. The summed E-state index contributed by atoms with van der Waals surface area (Å²) in [5.41, 5.74) is 0.630. The molecule has 1 saturated heterocycles. The van der Waals surface area contributed by atoms with E-state index in [1.54, 1.807) is 18.2 Å². The third kappa shape index (κ3) is 4.48. The largest absolute Gasteiger partial charge is 0.465 e. The van der Waals surface area contributed by atoms with Crippen LogP contribution in [-0.4, -0.2) is 52.6 Å². The third-order valence-electron chi connectivity index (χ3n) is 4.66. The molecule has 0 aliphatic carbocycles. The van der Waals surface area contributed by atoms with Gasteiger partial charge in [0.2, 0.25) is 0 Å². The Hall–Kier alpha value is -2.72. The minimum Gasteiger partial charge on any atom is -0.465 e. The van der Waals surface area contributed by atoms with Crippen molar-refractivity contribution in [3.8, 4) is 0 Å². The molecule has 0 spiro atoms. The van der Waals surface area contributed by atoms with Crippen LogP contribution in [0.5, 0.6) is 0 Å². The van der Waals surface area contributed by atoms with Gasteiger partial charge in [-0.1, -0.05) is 12.1 Å². The summed E-state index contributed by atoms with van der Waals surface area (Å²) < 4.78 is 53.1. The zero-order valence-corrected chi connectivity index (χ0v) is 17.1. The van der Waals surface area contributed by atoms with E-state index < -0.39 is 36.8 Å². The fourth-order valence-electron chi connectivity index (χ4n) is 3.07. The lowest BCUT2D eigenvalue weighted by molar-refractivity contribution is 0.0602. The van der Waals surface area contributed by atoms with Crippen molar-refractivity contribution in [1.82, 2.24) is 0 Å². The first-order valence-corrected chi connectivity index (χ1v) is 12.0. The van der Waals surface area contributed by atoms with Crippen LogP contribution in [0, 0.1) is 0 Å². The Balaban J connectivity index is 1.79. The lowest BCUT2D eigenvalue weighted by Crippen LogP contribution is -2.23. The number of carbonyl (C=O) groups excluding carboxylic acids is 2. The predicted molar refractivity (Wildman–Crippen MR) is 106 cm³/mol. The summed E-state index contributed by atoms with van der Waals surface area (Å²) in [5, 5.41) is 1.62. The van der Waals surface area contributed by atoms with Crippen LogP contribution < -0.4 is 5.32 Å². The molecule has 0 aromatic heterocycles. The van der Waals surface area contributed by atoms with Gasteiger partial charge in [-0.2, -0.15) is 0 Å². The van der Waals surface area contributed by atoms with E-state index in [0.717, 1.165) is 0 Å². The van der Waals surface area contributed by atoms with E-state index in [-0.39, 0.29) is 39.6 Å². The molecule has 0 bridgehead atoms. The summed E-state index contributed by atoms with van der Waals surface area (Å²) in [5.74, 6) is -1.67. The number of benzene rings is 2. The minimum absolute atomic E-state index is 0.0360. The lowest BCUT2D eigenvalue weighted by Gasteiger charge is -2.12. The number of hydrogen-bond acceptors (Lipinski definition) is 7. The van der Waals surface area contributed by atoms with E-state index >= 15 is 0 Å². The Bertz CT molecular complexity index is 1150. The molecule has 1 heterocycles. The van der Waals surface area contributed by atoms with Crippen molar-refractivity contribution >= 4 is 37.2 Å². The maximum Gasteiger partial charge on any atom is 0.339 e. The molecule has 2 aromatic carbocycles. The Morgan fingerprint density at radius 3 is 2.31 bits per heavy atom. The molecule has 3 rings (SSSR count). The van der Waals surface area contributed by atoms with Gasteiger partial charge in [-0.05, 0) is 42.8 Å². The van der Waals surface area contributed by atoms with Gasteiger partial charge in [-0.25, -0.2) is 21.6 Å². The van der Waals surface area contributed by atoms with Crippen molar-refractivity contribution in [2.45, 2.75) is 16.6 Å². The smallest absolute Gasteiger partial charge is 0.339 e. The first kappa shape index (κ1) is 21.0. The first-order chi connectivity index (χ1) is 13.6. The number of esters is 1. The average Bonchev–Trinajstić information content (AvgIpc) is 3.08. The molecule has 1 N–H and O–H groups in total. The molecule has 154 valence electrons. The van der Waals surface area contributed by atoms with Crippen molar-refractivity contribution in [3.05, 3.63) is 59.7 Å². The summed E-state index contributed by atoms with van der Waals surface area (Å²) in [6.45, 7) is 0. The van der Waals surface area contributed by atoms with Crippen molar-refractivity contribution in [2.75, 3.05) is 23.9 Å². The molecule has 2 aromatic rings. The van der Waals surface area contributed by atoms with Gasteiger partial charge < -0.3 is 10.1 Å². The number of anilines is 1. The molecule has 0 radical (unpaired) electrons. The fourth-order valence-corrected chi connectivity index (χ4v) is 7.43. The Labute approximate surface area is 168 Å². The number of amides is 1. The van der Waals surface area contributed by atoms with E-state index in [2.05, 4.69) is 10.1 Å². The minimum atomic E-state index is -3.80. The number of methoxy groups -OCH3 is 1. The van der Waals surface area contributed by atoms with E-state index in [1.807, 2.05) is 0 Å². The van der Waals surface area contributed by atoms with Gasteiger partial charge in [0.25, 0.3) is 5.91 Å². The van der Waals surface area contributed by atoms with Crippen LogP contribution in [-0.2, 0) is 24.4 Å². The summed E-state index contributed by atoms with van der Waals surface area (Å²) in [6, 6.07) is 11.6. The number of rotatable bonds is 5. The standard InChI is InChI=1S/C19H19NO7S2/c1-27-19(22)16-4-2-3-5-17(16)20-18(21)13-6-8-14(9-7-13)29(25,26)15-10-11-28(23,24)12-15/h2-9,15H,10-12H2,1H3,(H,20,21)/t15-/m0/s1.